The maximum atomic E-state index is 3.73. The molecular weight excluding hydrogens is 232 g/mol. The number of rotatable bonds is 9. The van der Waals surface area contributed by atoms with Crippen molar-refractivity contribution < 1.29 is 0 Å². The highest BCUT2D eigenvalue weighted by Crippen LogP contribution is 2.20. The number of nitrogens with one attached hydrogen (secondary N) is 1. The summed E-state index contributed by atoms with van der Waals surface area (Å²) in [6, 6.07) is 1.50. The molecule has 0 aromatic carbocycles. The third kappa shape index (κ3) is 5.83. The Bertz CT molecular complexity index is 217. The van der Waals surface area contributed by atoms with Gasteiger partial charge in [0.05, 0.1) is 0 Å². The van der Waals surface area contributed by atoms with E-state index in [2.05, 4.69) is 37.9 Å². The monoisotopic (exact) mass is 268 g/mol. The summed E-state index contributed by atoms with van der Waals surface area (Å²) in [5.41, 5.74) is 0. The van der Waals surface area contributed by atoms with E-state index in [4.69, 9.17) is 0 Å². The van der Waals surface area contributed by atoms with E-state index in [0.29, 0.717) is 0 Å². The summed E-state index contributed by atoms with van der Waals surface area (Å²) in [7, 11) is 0. The van der Waals surface area contributed by atoms with Gasteiger partial charge in [-0.2, -0.15) is 0 Å². The number of piperazine rings is 1. The quantitative estimate of drug-likeness (QED) is 0.678. The average Bonchev–Trinajstić information content (AvgIpc) is 2.45. The average molecular weight is 268 g/mol. The molecule has 1 aliphatic heterocycles. The van der Waals surface area contributed by atoms with Crippen LogP contribution in [0, 0.1) is 5.92 Å². The van der Waals surface area contributed by atoms with E-state index in [0.717, 1.165) is 18.0 Å². The first-order chi connectivity index (χ1) is 9.24. The van der Waals surface area contributed by atoms with Gasteiger partial charge in [-0.3, -0.25) is 4.90 Å². The number of hydrogen-bond donors (Lipinski definition) is 1. The Morgan fingerprint density at radius 2 is 1.95 bits per heavy atom. The minimum atomic E-state index is 0.719. The molecular formula is C17H36N2. The van der Waals surface area contributed by atoms with E-state index in [1.165, 1.54) is 64.6 Å². The van der Waals surface area contributed by atoms with Gasteiger partial charge in [-0.25, -0.2) is 0 Å². The Hall–Kier alpha value is -0.0800. The molecule has 3 atom stereocenters. The molecule has 2 nitrogen and oxygen atoms in total. The summed E-state index contributed by atoms with van der Waals surface area (Å²) in [6.45, 7) is 13.1. The summed E-state index contributed by atoms with van der Waals surface area (Å²) >= 11 is 0. The van der Waals surface area contributed by atoms with Crippen LogP contribution in [0.2, 0.25) is 0 Å². The minimum absolute atomic E-state index is 0.719. The van der Waals surface area contributed by atoms with Gasteiger partial charge in [-0.15, -0.1) is 0 Å². The molecule has 0 saturated carbocycles. The molecule has 1 saturated heterocycles. The summed E-state index contributed by atoms with van der Waals surface area (Å²) in [5.74, 6) is 0.912. The van der Waals surface area contributed by atoms with Gasteiger partial charge in [0.1, 0.15) is 0 Å². The molecule has 0 aromatic rings. The topological polar surface area (TPSA) is 15.3 Å². The van der Waals surface area contributed by atoms with E-state index in [1.54, 1.807) is 0 Å². The lowest BCUT2D eigenvalue weighted by Gasteiger charge is -2.42. The predicted molar refractivity (Wildman–Crippen MR) is 85.7 cm³/mol. The molecule has 1 aliphatic rings. The van der Waals surface area contributed by atoms with Crippen molar-refractivity contribution in [2.75, 3.05) is 19.6 Å². The lowest BCUT2D eigenvalue weighted by Crippen LogP contribution is -2.57. The SMILES string of the molecule is CCCCC(CC)CN1CC(CC)NCC1CCC. The minimum Gasteiger partial charge on any atom is -0.311 e. The Morgan fingerprint density at radius 3 is 2.53 bits per heavy atom. The third-order valence-electron chi connectivity index (χ3n) is 4.76. The summed E-state index contributed by atoms with van der Waals surface area (Å²) in [5, 5.41) is 3.73. The van der Waals surface area contributed by atoms with Crippen molar-refractivity contribution in [3.05, 3.63) is 0 Å². The summed E-state index contributed by atoms with van der Waals surface area (Å²) < 4.78 is 0. The zero-order valence-electron chi connectivity index (χ0n) is 13.8. The molecule has 0 radical (unpaired) electrons. The van der Waals surface area contributed by atoms with Gasteiger partial charge in [0.15, 0.2) is 0 Å². The van der Waals surface area contributed by atoms with E-state index < -0.39 is 0 Å². The fourth-order valence-corrected chi connectivity index (χ4v) is 3.29. The van der Waals surface area contributed by atoms with Crippen LogP contribution in [0.4, 0.5) is 0 Å². The van der Waals surface area contributed by atoms with Crippen molar-refractivity contribution in [3.8, 4) is 0 Å². The molecule has 1 heterocycles. The van der Waals surface area contributed by atoms with Gasteiger partial charge in [0.2, 0.25) is 0 Å². The molecule has 19 heavy (non-hydrogen) atoms. The second-order valence-corrected chi connectivity index (χ2v) is 6.33. The van der Waals surface area contributed by atoms with Crippen LogP contribution >= 0.6 is 0 Å². The summed E-state index contributed by atoms with van der Waals surface area (Å²) in [6.07, 6.45) is 9.44. The van der Waals surface area contributed by atoms with Gasteiger partial charge >= 0.3 is 0 Å². The van der Waals surface area contributed by atoms with E-state index in [1.807, 2.05) is 0 Å². The van der Waals surface area contributed by atoms with Crippen LogP contribution in [0.5, 0.6) is 0 Å². The van der Waals surface area contributed by atoms with Crippen LogP contribution in [0.1, 0.15) is 72.6 Å². The Morgan fingerprint density at radius 1 is 1.16 bits per heavy atom. The fraction of sp³-hybridized carbons (Fsp3) is 1.00. The van der Waals surface area contributed by atoms with Crippen molar-refractivity contribution in [1.82, 2.24) is 10.2 Å². The van der Waals surface area contributed by atoms with Crippen LogP contribution in [0.15, 0.2) is 0 Å². The fourth-order valence-electron chi connectivity index (χ4n) is 3.29. The van der Waals surface area contributed by atoms with Crippen molar-refractivity contribution >= 4 is 0 Å². The van der Waals surface area contributed by atoms with Crippen LogP contribution in [0.3, 0.4) is 0 Å². The number of hydrogen-bond acceptors (Lipinski definition) is 2. The van der Waals surface area contributed by atoms with E-state index in [-0.39, 0.29) is 0 Å². The second-order valence-electron chi connectivity index (χ2n) is 6.33. The first-order valence-corrected chi connectivity index (χ1v) is 8.72. The van der Waals surface area contributed by atoms with Crippen LogP contribution in [-0.2, 0) is 0 Å². The molecule has 0 aromatic heterocycles. The first-order valence-electron chi connectivity index (χ1n) is 8.72. The van der Waals surface area contributed by atoms with Crippen LogP contribution < -0.4 is 5.32 Å². The molecule has 0 amide bonds. The van der Waals surface area contributed by atoms with Crippen LogP contribution in [0.25, 0.3) is 0 Å². The molecule has 114 valence electrons. The second kappa shape index (κ2) is 9.77. The van der Waals surface area contributed by atoms with Gasteiger partial charge in [-0.05, 0) is 25.2 Å². The maximum Gasteiger partial charge on any atom is 0.0221 e. The molecule has 1 fully saturated rings. The smallest absolute Gasteiger partial charge is 0.0221 e. The predicted octanol–water partition coefficient (Wildman–Crippen LogP) is 4.06. The molecule has 1 rings (SSSR count). The molecule has 3 unspecified atom stereocenters. The first kappa shape index (κ1) is 17.0. The van der Waals surface area contributed by atoms with Crippen molar-refractivity contribution in [2.24, 2.45) is 5.92 Å². The number of nitrogens with zero attached hydrogens (tertiary/aromatic N) is 1. The zero-order valence-corrected chi connectivity index (χ0v) is 13.8. The Labute approximate surface area is 121 Å². The van der Waals surface area contributed by atoms with Crippen LogP contribution in [-0.4, -0.2) is 36.6 Å². The normalized spacial score (nSPS) is 26.5. The highest BCUT2D eigenvalue weighted by atomic mass is 15.2. The molecule has 2 heteroatoms. The van der Waals surface area contributed by atoms with Crippen molar-refractivity contribution in [2.45, 2.75) is 84.7 Å². The van der Waals surface area contributed by atoms with Gasteiger partial charge in [0, 0.05) is 31.7 Å². The van der Waals surface area contributed by atoms with Crippen molar-refractivity contribution in [1.29, 1.82) is 0 Å². The van der Waals surface area contributed by atoms with E-state index in [9.17, 15) is 0 Å². The largest absolute Gasteiger partial charge is 0.311 e. The van der Waals surface area contributed by atoms with E-state index >= 15 is 0 Å². The molecule has 0 aliphatic carbocycles. The highest BCUT2D eigenvalue weighted by molar-refractivity contribution is 4.86. The lowest BCUT2D eigenvalue weighted by molar-refractivity contribution is 0.0982. The highest BCUT2D eigenvalue weighted by Gasteiger charge is 2.27. The van der Waals surface area contributed by atoms with Gasteiger partial charge in [-0.1, -0.05) is 53.4 Å². The zero-order chi connectivity index (χ0) is 14.1. The van der Waals surface area contributed by atoms with Gasteiger partial charge in [0.25, 0.3) is 0 Å². The molecule has 1 N–H and O–H groups in total. The standard InChI is InChI=1S/C17H36N2/c1-5-9-11-15(7-3)13-19-14-16(8-4)18-12-17(19)10-6-2/h15-18H,5-14H2,1-4H3. The Balaban J connectivity index is 2.51. The van der Waals surface area contributed by atoms with Crippen molar-refractivity contribution in [3.63, 3.8) is 0 Å². The molecule has 0 bridgehead atoms. The lowest BCUT2D eigenvalue weighted by atomic mass is 9.95. The Kier molecular flexibility index (Phi) is 8.72. The third-order valence-corrected chi connectivity index (χ3v) is 4.76. The summed E-state index contributed by atoms with van der Waals surface area (Å²) in [4.78, 5) is 2.80. The maximum absolute atomic E-state index is 3.73. The molecule has 0 spiro atoms. The number of unbranched alkanes of at least 4 members (excludes halogenated alkanes) is 1. The van der Waals surface area contributed by atoms with Gasteiger partial charge < -0.3 is 5.32 Å².